The predicted octanol–water partition coefficient (Wildman–Crippen LogP) is 4.91. The maximum Gasteiger partial charge on any atom is 0.254 e. The first-order valence-electron chi connectivity index (χ1n) is 12.9. The van der Waals surface area contributed by atoms with Crippen molar-refractivity contribution in [3.8, 4) is 0 Å². The van der Waals surface area contributed by atoms with Crippen LogP contribution in [0, 0.1) is 0 Å². The Morgan fingerprint density at radius 1 is 1.10 bits per heavy atom. The number of hydrogen-bond donors (Lipinski definition) is 2. The number of piperidine rings is 1. The van der Waals surface area contributed by atoms with Crippen LogP contribution in [0.2, 0.25) is 10.0 Å². The minimum atomic E-state index is -2.20. The number of carbonyl (C=O) groups is 2. The van der Waals surface area contributed by atoms with Gasteiger partial charge in [0, 0.05) is 40.9 Å². The Labute approximate surface area is 244 Å². The third-order valence-electron chi connectivity index (χ3n) is 7.30. The van der Waals surface area contributed by atoms with Crippen molar-refractivity contribution in [2.45, 2.75) is 43.9 Å². The van der Waals surface area contributed by atoms with E-state index in [2.05, 4.69) is 10.5 Å². The standard InChI is InChI=1S/C28H28Cl2N4O5S/c29-18-11-12-23(24(30)15-18)26-25(27(35)32-39-17-19-7-3-5-13-31-19)21-9-1-2-10-22(21)28(36)33(26)16-20-8-4-6-14-34(20)40(37)38/h1-3,5,7,9-13,15,20,25-26H,4,6,8,14,16-17H2,(H,32,35)(H,37,38). The van der Waals surface area contributed by atoms with Gasteiger partial charge in [0.25, 0.3) is 11.8 Å². The molecule has 9 nitrogen and oxygen atoms in total. The van der Waals surface area contributed by atoms with Gasteiger partial charge >= 0.3 is 0 Å². The summed E-state index contributed by atoms with van der Waals surface area (Å²) in [7, 11) is 0. The predicted molar refractivity (Wildman–Crippen MR) is 152 cm³/mol. The van der Waals surface area contributed by atoms with Gasteiger partial charge in [0.2, 0.25) is 11.3 Å². The summed E-state index contributed by atoms with van der Waals surface area (Å²) in [5, 5.41) is 0.713. The molecule has 3 heterocycles. The van der Waals surface area contributed by atoms with Gasteiger partial charge in [-0.1, -0.05) is 60.0 Å². The highest BCUT2D eigenvalue weighted by molar-refractivity contribution is 7.76. The lowest BCUT2D eigenvalue weighted by Crippen LogP contribution is -2.53. The van der Waals surface area contributed by atoms with E-state index in [-0.39, 0.29) is 25.1 Å². The van der Waals surface area contributed by atoms with E-state index in [9.17, 15) is 18.4 Å². The Bertz CT molecular complexity index is 1410. The molecule has 2 aromatic carbocycles. The number of nitrogens with zero attached hydrogens (tertiary/aromatic N) is 3. The molecule has 0 aliphatic carbocycles. The van der Waals surface area contributed by atoms with E-state index in [1.165, 1.54) is 4.31 Å². The number of halogens is 2. The topological polar surface area (TPSA) is 112 Å². The van der Waals surface area contributed by atoms with Crippen molar-refractivity contribution in [2.24, 2.45) is 0 Å². The summed E-state index contributed by atoms with van der Waals surface area (Å²) in [6, 6.07) is 16.1. The van der Waals surface area contributed by atoms with E-state index in [0.717, 1.165) is 12.8 Å². The molecule has 1 saturated heterocycles. The maximum atomic E-state index is 14.0. The van der Waals surface area contributed by atoms with Gasteiger partial charge in [-0.25, -0.2) is 9.69 Å². The molecular formula is C28H28Cl2N4O5S. The van der Waals surface area contributed by atoms with Crippen LogP contribution in [-0.4, -0.2) is 53.9 Å². The van der Waals surface area contributed by atoms with Gasteiger partial charge in [0.1, 0.15) is 6.61 Å². The molecule has 5 rings (SSSR count). The summed E-state index contributed by atoms with van der Waals surface area (Å²) in [5.74, 6) is -1.66. The van der Waals surface area contributed by atoms with Gasteiger partial charge in [-0.05, 0) is 54.3 Å². The van der Waals surface area contributed by atoms with Gasteiger partial charge in [-0.2, -0.15) is 4.31 Å². The number of fused-ring (bicyclic) bond motifs is 1. The number of nitrogens with one attached hydrogen (secondary N) is 1. The van der Waals surface area contributed by atoms with Crippen molar-refractivity contribution >= 4 is 46.3 Å². The van der Waals surface area contributed by atoms with Crippen LogP contribution in [0.5, 0.6) is 0 Å². The SMILES string of the molecule is O=C(NOCc1ccccn1)C1c2ccccc2C(=O)N(CC2CCCCN2S(=O)O)C1c1ccc(Cl)cc1Cl. The highest BCUT2D eigenvalue weighted by atomic mass is 35.5. The van der Waals surface area contributed by atoms with Crippen molar-refractivity contribution in [1.82, 2.24) is 19.7 Å². The zero-order chi connectivity index (χ0) is 28.2. The molecule has 0 bridgehead atoms. The number of rotatable bonds is 8. The van der Waals surface area contributed by atoms with E-state index in [4.69, 9.17) is 28.0 Å². The van der Waals surface area contributed by atoms with E-state index in [1.807, 2.05) is 6.07 Å². The quantitative estimate of drug-likeness (QED) is 0.280. The maximum absolute atomic E-state index is 14.0. The Morgan fingerprint density at radius 2 is 1.90 bits per heavy atom. The first-order chi connectivity index (χ1) is 19.3. The molecule has 2 amide bonds. The molecular weight excluding hydrogens is 575 g/mol. The third kappa shape index (κ3) is 6.07. The first kappa shape index (κ1) is 28.7. The van der Waals surface area contributed by atoms with Crippen LogP contribution in [0.25, 0.3) is 0 Å². The van der Waals surface area contributed by atoms with Crippen molar-refractivity contribution in [3.63, 3.8) is 0 Å². The van der Waals surface area contributed by atoms with E-state index in [0.29, 0.717) is 45.4 Å². The normalized spacial score (nSPS) is 22.0. The number of pyridine rings is 1. The Morgan fingerprint density at radius 3 is 2.65 bits per heavy atom. The number of amides is 2. The molecule has 0 spiro atoms. The van der Waals surface area contributed by atoms with Crippen molar-refractivity contribution in [3.05, 3.63) is 99.3 Å². The molecule has 2 aliphatic heterocycles. The van der Waals surface area contributed by atoms with Crippen LogP contribution in [0.3, 0.4) is 0 Å². The van der Waals surface area contributed by atoms with Crippen LogP contribution in [0.15, 0.2) is 66.9 Å². The van der Waals surface area contributed by atoms with Gasteiger partial charge < -0.3 is 4.90 Å². The second-order valence-electron chi connectivity index (χ2n) is 9.73. The van der Waals surface area contributed by atoms with Gasteiger partial charge in [-0.15, -0.1) is 0 Å². The molecule has 1 aromatic heterocycles. The Kier molecular flexibility index (Phi) is 9.14. The fraction of sp³-hybridized carbons (Fsp3) is 0.321. The number of aromatic nitrogens is 1. The van der Waals surface area contributed by atoms with Gasteiger partial charge in [0.05, 0.1) is 17.7 Å². The minimum Gasteiger partial charge on any atom is -0.329 e. The second-order valence-corrected chi connectivity index (χ2v) is 11.5. The first-order valence-corrected chi connectivity index (χ1v) is 14.7. The summed E-state index contributed by atoms with van der Waals surface area (Å²) >= 11 is 10.7. The zero-order valence-electron chi connectivity index (χ0n) is 21.4. The summed E-state index contributed by atoms with van der Waals surface area (Å²) < 4.78 is 23.6. The third-order valence-corrected chi connectivity index (χ3v) is 8.75. The second kappa shape index (κ2) is 12.8. The van der Waals surface area contributed by atoms with Crippen LogP contribution < -0.4 is 5.48 Å². The lowest BCUT2D eigenvalue weighted by molar-refractivity contribution is -0.138. The molecule has 0 saturated carbocycles. The fourth-order valence-corrected chi connectivity index (χ4v) is 6.71. The molecule has 4 unspecified atom stereocenters. The largest absolute Gasteiger partial charge is 0.329 e. The highest BCUT2D eigenvalue weighted by Gasteiger charge is 2.46. The van der Waals surface area contributed by atoms with Gasteiger partial charge in [-0.3, -0.25) is 24.0 Å². The average Bonchev–Trinajstić information content (AvgIpc) is 2.95. The van der Waals surface area contributed by atoms with E-state index >= 15 is 0 Å². The summed E-state index contributed by atoms with van der Waals surface area (Å²) in [5.41, 5.74) is 4.63. The van der Waals surface area contributed by atoms with E-state index < -0.39 is 29.1 Å². The van der Waals surface area contributed by atoms with Crippen LogP contribution >= 0.6 is 23.2 Å². The van der Waals surface area contributed by atoms with Crippen molar-refractivity contribution in [1.29, 1.82) is 0 Å². The Hall–Kier alpha value is -2.86. The summed E-state index contributed by atoms with van der Waals surface area (Å²) in [6.45, 7) is 0.612. The molecule has 12 heteroatoms. The average molecular weight is 604 g/mol. The molecule has 0 radical (unpaired) electrons. The number of benzene rings is 2. The van der Waals surface area contributed by atoms with E-state index in [1.54, 1.807) is 65.7 Å². The monoisotopic (exact) mass is 602 g/mol. The van der Waals surface area contributed by atoms with Crippen molar-refractivity contribution < 1.29 is 23.2 Å². The number of carbonyl (C=O) groups excluding carboxylic acids is 2. The number of hydrogen-bond acceptors (Lipinski definition) is 5. The van der Waals surface area contributed by atoms with Crippen LogP contribution in [0.1, 0.15) is 58.4 Å². The smallest absolute Gasteiger partial charge is 0.254 e. The highest BCUT2D eigenvalue weighted by Crippen LogP contribution is 2.45. The van der Waals surface area contributed by atoms with Gasteiger partial charge in [0.15, 0.2) is 0 Å². The molecule has 4 atom stereocenters. The molecule has 2 aliphatic rings. The summed E-state index contributed by atoms with van der Waals surface area (Å²) in [6.07, 6.45) is 3.90. The van der Waals surface area contributed by atoms with Crippen LogP contribution in [0.4, 0.5) is 0 Å². The molecule has 40 heavy (non-hydrogen) atoms. The molecule has 2 N–H and O–H groups in total. The van der Waals surface area contributed by atoms with Crippen LogP contribution in [-0.2, 0) is 27.5 Å². The summed E-state index contributed by atoms with van der Waals surface area (Å²) in [4.78, 5) is 39.2. The number of hydroxylamine groups is 1. The molecule has 210 valence electrons. The zero-order valence-corrected chi connectivity index (χ0v) is 23.7. The minimum absolute atomic E-state index is 0.0509. The molecule has 1 fully saturated rings. The lowest BCUT2D eigenvalue weighted by atomic mass is 9.79. The molecule has 3 aromatic rings. The fourth-order valence-electron chi connectivity index (χ4n) is 5.48. The Balaban J connectivity index is 1.55. The lowest BCUT2D eigenvalue weighted by Gasteiger charge is -2.45. The van der Waals surface area contributed by atoms with Crippen molar-refractivity contribution in [2.75, 3.05) is 13.1 Å².